The highest BCUT2D eigenvalue weighted by atomic mass is 32.2. The van der Waals surface area contributed by atoms with Gasteiger partial charge in [-0.05, 0) is 24.3 Å². The Morgan fingerprint density at radius 1 is 1.41 bits per heavy atom. The van der Waals surface area contributed by atoms with Gasteiger partial charge in [-0.2, -0.15) is 0 Å². The van der Waals surface area contributed by atoms with Crippen molar-refractivity contribution in [2.45, 2.75) is 23.7 Å². The van der Waals surface area contributed by atoms with Crippen LogP contribution in [0.3, 0.4) is 0 Å². The highest BCUT2D eigenvalue weighted by Gasteiger charge is 2.32. The molecule has 1 aliphatic carbocycles. The van der Waals surface area contributed by atoms with Crippen LogP contribution in [0.2, 0.25) is 0 Å². The molecule has 1 fully saturated rings. The van der Waals surface area contributed by atoms with E-state index >= 15 is 0 Å². The molecule has 0 heterocycles. The molecular formula is C9H9FN2O4S. The molecule has 0 saturated heterocycles. The van der Waals surface area contributed by atoms with Gasteiger partial charge in [-0.1, -0.05) is 0 Å². The number of hydrogen-bond acceptors (Lipinski definition) is 4. The van der Waals surface area contributed by atoms with Gasteiger partial charge in [-0.15, -0.1) is 0 Å². The van der Waals surface area contributed by atoms with E-state index in [0.29, 0.717) is 18.9 Å². The summed E-state index contributed by atoms with van der Waals surface area (Å²) in [6, 6.07) is 1.72. The number of nitro benzene ring substituents is 1. The summed E-state index contributed by atoms with van der Waals surface area (Å²) in [4.78, 5) is 9.06. The van der Waals surface area contributed by atoms with E-state index in [-0.39, 0.29) is 11.5 Å². The number of sulfonamides is 1. The Kier molecular flexibility index (Phi) is 2.63. The first-order chi connectivity index (χ1) is 7.80. The van der Waals surface area contributed by atoms with Gasteiger partial charge in [0.05, 0.1) is 4.92 Å². The summed E-state index contributed by atoms with van der Waals surface area (Å²) in [5, 5.41) is 15.5. The predicted octanol–water partition coefficient (Wildman–Crippen LogP) is 1.26. The summed E-state index contributed by atoms with van der Waals surface area (Å²) >= 11 is 0. The summed E-state index contributed by atoms with van der Waals surface area (Å²) < 4.78 is 36.1. The van der Waals surface area contributed by atoms with Gasteiger partial charge in [0.1, 0.15) is 10.7 Å². The predicted molar refractivity (Wildman–Crippen MR) is 56.4 cm³/mol. The smallest absolute Gasteiger partial charge is 0.258 e. The van der Waals surface area contributed by atoms with E-state index in [1.807, 2.05) is 0 Å². The zero-order valence-electron chi connectivity index (χ0n) is 8.59. The second-order valence-electron chi connectivity index (χ2n) is 3.92. The second kappa shape index (κ2) is 3.74. The fraction of sp³-hybridized carbons (Fsp3) is 0.333. The van der Waals surface area contributed by atoms with Crippen LogP contribution < -0.4 is 5.14 Å². The molecule has 0 bridgehead atoms. The first kappa shape index (κ1) is 11.9. The number of benzene rings is 1. The molecule has 0 atom stereocenters. The minimum Gasteiger partial charge on any atom is -0.258 e. The van der Waals surface area contributed by atoms with Crippen molar-refractivity contribution in [3.05, 3.63) is 33.6 Å². The summed E-state index contributed by atoms with van der Waals surface area (Å²) in [7, 11) is -4.30. The number of nitrogens with two attached hydrogens (primary N) is 1. The minimum absolute atomic E-state index is 0.0585. The molecule has 0 radical (unpaired) electrons. The number of primary sulfonamides is 1. The number of rotatable bonds is 3. The Morgan fingerprint density at radius 3 is 2.41 bits per heavy atom. The number of non-ortho nitro benzene ring substituents is 1. The summed E-state index contributed by atoms with van der Waals surface area (Å²) in [5.74, 6) is -1.11. The Balaban J connectivity index is 2.70. The Morgan fingerprint density at radius 2 is 2.00 bits per heavy atom. The average molecular weight is 260 g/mol. The van der Waals surface area contributed by atoms with E-state index in [2.05, 4.69) is 0 Å². The van der Waals surface area contributed by atoms with Crippen LogP contribution in [-0.4, -0.2) is 13.3 Å². The number of nitrogens with zero attached hydrogens (tertiary/aromatic N) is 1. The Labute approximate surface area is 96.4 Å². The fourth-order valence-electron chi connectivity index (χ4n) is 1.61. The van der Waals surface area contributed by atoms with Crippen LogP contribution >= 0.6 is 0 Å². The van der Waals surface area contributed by atoms with Crippen molar-refractivity contribution in [3.63, 3.8) is 0 Å². The van der Waals surface area contributed by atoms with Gasteiger partial charge in [0.2, 0.25) is 10.0 Å². The molecule has 2 rings (SSSR count). The lowest BCUT2D eigenvalue weighted by Crippen LogP contribution is -2.15. The van der Waals surface area contributed by atoms with Gasteiger partial charge in [0.15, 0.2) is 0 Å². The summed E-state index contributed by atoms with van der Waals surface area (Å²) in [6.07, 6.45) is 1.39. The van der Waals surface area contributed by atoms with Gasteiger partial charge >= 0.3 is 0 Å². The van der Waals surface area contributed by atoms with Gasteiger partial charge in [0.25, 0.3) is 5.69 Å². The molecule has 1 aromatic rings. The molecule has 1 aliphatic rings. The minimum atomic E-state index is -4.30. The summed E-state index contributed by atoms with van der Waals surface area (Å²) in [5.41, 5.74) is -0.402. The van der Waals surface area contributed by atoms with E-state index in [0.717, 1.165) is 6.07 Å². The van der Waals surface area contributed by atoms with Gasteiger partial charge in [-0.3, -0.25) is 10.1 Å². The molecule has 1 aromatic carbocycles. The molecule has 0 unspecified atom stereocenters. The molecule has 0 spiro atoms. The topological polar surface area (TPSA) is 103 Å². The van der Waals surface area contributed by atoms with Crippen LogP contribution in [0.25, 0.3) is 0 Å². The Bertz CT molecular complexity index is 595. The molecule has 0 amide bonds. The second-order valence-corrected chi connectivity index (χ2v) is 5.45. The van der Waals surface area contributed by atoms with E-state index in [9.17, 15) is 22.9 Å². The average Bonchev–Trinajstić information content (AvgIpc) is 2.99. The maximum absolute atomic E-state index is 13.8. The van der Waals surface area contributed by atoms with Crippen LogP contribution in [0.1, 0.15) is 24.3 Å². The van der Waals surface area contributed by atoms with Crippen molar-refractivity contribution in [2.24, 2.45) is 5.14 Å². The SMILES string of the molecule is NS(=O)(=O)c1cc([N+](=O)[O-])cc(C2CC2)c1F. The first-order valence-corrected chi connectivity index (χ1v) is 6.36. The molecule has 2 N–H and O–H groups in total. The maximum atomic E-state index is 13.8. The zero-order valence-corrected chi connectivity index (χ0v) is 9.41. The van der Waals surface area contributed by atoms with Crippen molar-refractivity contribution in [1.82, 2.24) is 0 Å². The molecule has 0 aromatic heterocycles. The fourth-order valence-corrected chi connectivity index (χ4v) is 2.26. The molecule has 92 valence electrons. The normalized spacial score (nSPS) is 15.9. The lowest BCUT2D eigenvalue weighted by Gasteiger charge is -2.06. The van der Waals surface area contributed by atoms with Gasteiger partial charge < -0.3 is 0 Å². The van der Waals surface area contributed by atoms with E-state index in [1.54, 1.807) is 0 Å². The molecule has 1 saturated carbocycles. The van der Waals surface area contributed by atoms with Gasteiger partial charge in [-0.25, -0.2) is 17.9 Å². The molecule has 0 aliphatic heterocycles. The zero-order chi connectivity index (χ0) is 12.8. The first-order valence-electron chi connectivity index (χ1n) is 4.81. The monoisotopic (exact) mass is 260 g/mol. The highest BCUT2D eigenvalue weighted by Crippen LogP contribution is 2.43. The summed E-state index contributed by atoms with van der Waals surface area (Å²) in [6.45, 7) is 0. The van der Waals surface area contributed by atoms with Gasteiger partial charge in [0, 0.05) is 12.1 Å². The number of nitro groups is 1. The van der Waals surface area contributed by atoms with E-state index < -0.39 is 31.3 Å². The van der Waals surface area contributed by atoms with E-state index in [4.69, 9.17) is 5.14 Å². The lowest BCUT2D eigenvalue weighted by atomic mass is 10.1. The van der Waals surface area contributed by atoms with Crippen LogP contribution in [0.4, 0.5) is 10.1 Å². The van der Waals surface area contributed by atoms with Crippen molar-refractivity contribution >= 4 is 15.7 Å². The number of hydrogen-bond donors (Lipinski definition) is 1. The Hall–Kier alpha value is -1.54. The molecular weight excluding hydrogens is 251 g/mol. The third-order valence-electron chi connectivity index (χ3n) is 2.59. The van der Waals surface area contributed by atoms with Crippen LogP contribution in [0.15, 0.2) is 17.0 Å². The van der Waals surface area contributed by atoms with Crippen molar-refractivity contribution in [2.75, 3.05) is 0 Å². The molecule has 8 heteroatoms. The number of halogens is 1. The van der Waals surface area contributed by atoms with Crippen LogP contribution in [0, 0.1) is 15.9 Å². The quantitative estimate of drug-likeness (QED) is 0.652. The van der Waals surface area contributed by atoms with E-state index in [1.165, 1.54) is 0 Å². The van der Waals surface area contributed by atoms with Crippen molar-refractivity contribution in [1.29, 1.82) is 0 Å². The van der Waals surface area contributed by atoms with Crippen molar-refractivity contribution < 1.29 is 17.7 Å². The highest BCUT2D eigenvalue weighted by molar-refractivity contribution is 7.89. The molecule has 6 nitrogen and oxygen atoms in total. The maximum Gasteiger partial charge on any atom is 0.271 e. The standard InChI is InChI=1S/C9H9FN2O4S/c10-9-7(5-1-2-5)3-6(12(13)14)4-8(9)17(11,15)16/h3-5H,1-2H2,(H2,11,15,16). The third kappa shape index (κ3) is 2.27. The van der Waals surface area contributed by atoms with Crippen LogP contribution in [-0.2, 0) is 10.0 Å². The van der Waals surface area contributed by atoms with Crippen molar-refractivity contribution in [3.8, 4) is 0 Å². The largest absolute Gasteiger partial charge is 0.271 e. The molecule has 17 heavy (non-hydrogen) atoms. The third-order valence-corrected chi connectivity index (χ3v) is 3.50. The van der Waals surface area contributed by atoms with Crippen LogP contribution in [0.5, 0.6) is 0 Å². The lowest BCUT2D eigenvalue weighted by molar-refractivity contribution is -0.385.